The minimum Gasteiger partial charge on any atom is -0.348 e. The van der Waals surface area contributed by atoms with Crippen molar-refractivity contribution in [3.63, 3.8) is 0 Å². The van der Waals surface area contributed by atoms with Crippen LogP contribution in [0.5, 0.6) is 0 Å². The Balaban J connectivity index is 3.53. The van der Waals surface area contributed by atoms with Crippen molar-refractivity contribution in [1.29, 1.82) is 0 Å². The zero-order valence-electron chi connectivity index (χ0n) is 12.9. The van der Waals surface area contributed by atoms with Crippen LogP contribution in [0, 0.1) is 5.92 Å². The molecule has 0 unspecified atom stereocenters. The van der Waals surface area contributed by atoms with Gasteiger partial charge in [0.1, 0.15) is 0 Å². The van der Waals surface area contributed by atoms with Crippen molar-refractivity contribution in [1.82, 2.24) is 5.32 Å². The molecule has 28 heavy (non-hydrogen) atoms. The third kappa shape index (κ3) is 4.92. The number of carbonyl (C=O) groups excluding carboxylic acids is 1. The van der Waals surface area contributed by atoms with Gasteiger partial charge in [-0.15, -0.1) is 0 Å². The molecule has 0 atom stereocenters. The van der Waals surface area contributed by atoms with Gasteiger partial charge in [-0.1, -0.05) is 18.2 Å². The average Bonchev–Trinajstić information content (AvgIpc) is 2.41. The van der Waals surface area contributed by atoms with Gasteiger partial charge in [-0.2, -0.15) is 52.7 Å². The second kappa shape index (κ2) is 7.24. The highest BCUT2D eigenvalue weighted by atomic mass is 19.4. The largest absolute Gasteiger partial charge is 0.439 e. The van der Waals surface area contributed by atoms with E-state index in [0.717, 1.165) is 23.5 Å². The Morgan fingerprint density at radius 3 is 1.43 bits per heavy atom. The van der Waals surface area contributed by atoms with E-state index in [0.29, 0.717) is 12.1 Å². The van der Waals surface area contributed by atoms with Crippen molar-refractivity contribution in [2.75, 3.05) is 5.32 Å². The van der Waals surface area contributed by atoms with E-state index in [2.05, 4.69) is 0 Å². The lowest BCUT2D eigenvalue weighted by atomic mass is 10.0. The number of amides is 1. The summed E-state index contributed by atoms with van der Waals surface area (Å²) in [6.45, 7) is 0. The standard InChI is InChI=1S/C13H8F12N2O/c14-9(15,16)7(10(17,18)19)8(28)27-11(12(20,21)22,13(23,24)25)26-6-4-2-1-3-5-6/h1-5,7,26H,(H,27,28). The van der Waals surface area contributed by atoms with E-state index in [1.807, 2.05) is 0 Å². The van der Waals surface area contributed by atoms with E-state index < -0.39 is 47.9 Å². The summed E-state index contributed by atoms with van der Waals surface area (Å²) in [7, 11) is 0. The van der Waals surface area contributed by atoms with Crippen LogP contribution in [0.1, 0.15) is 0 Å². The Morgan fingerprint density at radius 1 is 0.714 bits per heavy atom. The Bertz CT molecular complexity index is 646. The summed E-state index contributed by atoms with van der Waals surface area (Å²) in [6, 6.07) is 4.23. The molecule has 0 bridgehead atoms. The molecule has 0 radical (unpaired) electrons. The van der Waals surface area contributed by atoms with Gasteiger partial charge >= 0.3 is 30.4 Å². The van der Waals surface area contributed by atoms with Gasteiger partial charge in [-0.05, 0) is 12.1 Å². The van der Waals surface area contributed by atoms with Crippen LogP contribution >= 0.6 is 0 Å². The highest BCUT2D eigenvalue weighted by molar-refractivity contribution is 5.81. The minimum atomic E-state index is -6.58. The number of alkyl halides is 12. The highest BCUT2D eigenvalue weighted by Gasteiger charge is 2.74. The van der Waals surface area contributed by atoms with Gasteiger partial charge in [0.15, 0.2) is 0 Å². The molecule has 1 amide bonds. The lowest BCUT2D eigenvalue weighted by Crippen LogP contribution is -2.73. The van der Waals surface area contributed by atoms with Crippen LogP contribution in [0.25, 0.3) is 0 Å². The molecular weight excluding hydrogens is 428 g/mol. The Labute approximate surface area is 147 Å². The number of rotatable bonds is 4. The Morgan fingerprint density at radius 2 is 1.11 bits per heavy atom. The third-order valence-electron chi connectivity index (χ3n) is 3.18. The molecule has 0 aliphatic heterocycles. The van der Waals surface area contributed by atoms with Gasteiger partial charge in [0.25, 0.3) is 0 Å². The second-order valence-electron chi connectivity index (χ2n) is 5.24. The van der Waals surface area contributed by atoms with Crippen LogP contribution < -0.4 is 10.6 Å². The minimum absolute atomic E-state index is 0.168. The molecular formula is C13H8F12N2O. The van der Waals surface area contributed by atoms with Crippen molar-refractivity contribution >= 4 is 11.6 Å². The molecule has 15 heteroatoms. The Kier molecular flexibility index (Phi) is 6.12. The van der Waals surface area contributed by atoms with Crippen LogP contribution in [0.2, 0.25) is 0 Å². The fraction of sp³-hybridized carbons (Fsp3) is 0.462. The smallest absolute Gasteiger partial charge is 0.348 e. The fourth-order valence-electron chi connectivity index (χ4n) is 1.95. The van der Waals surface area contributed by atoms with E-state index in [9.17, 15) is 57.5 Å². The van der Waals surface area contributed by atoms with Gasteiger partial charge in [0, 0.05) is 5.69 Å². The summed E-state index contributed by atoms with van der Waals surface area (Å²) in [5.41, 5.74) is -6.62. The zero-order chi connectivity index (χ0) is 22.2. The van der Waals surface area contributed by atoms with Crippen molar-refractivity contribution < 1.29 is 57.5 Å². The molecule has 0 aliphatic carbocycles. The van der Waals surface area contributed by atoms with Crippen molar-refractivity contribution in [2.24, 2.45) is 5.92 Å². The van der Waals surface area contributed by atoms with Gasteiger partial charge in [0.2, 0.25) is 11.8 Å². The number of benzene rings is 1. The van der Waals surface area contributed by atoms with E-state index in [4.69, 9.17) is 0 Å². The molecule has 160 valence electrons. The normalized spacial score (nSPS) is 14.2. The van der Waals surface area contributed by atoms with Crippen LogP contribution in [-0.2, 0) is 4.79 Å². The first-order chi connectivity index (χ1) is 12.3. The molecule has 0 spiro atoms. The van der Waals surface area contributed by atoms with Gasteiger partial charge in [-0.25, -0.2) is 0 Å². The first-order valence-electron chi connectivity index (χ1n) is 6.75. The molecule has 2 N–H and O–H groups in total. The van der Waals surface area contributed by atoms with E-state index in [-0.39, 0.29) is 5.32 Å². The maximum Gasteiger partial charge on any atom is 0.439 e. The topological polar surface area (TPSA) is 41.1 Å². The van der Waals surface area contributed by atoms with E-state index >= 15 is 0 Å². The summed E-state index contributed by atoms with van der Waals surface area (Å²) in [5, 5.41) is 0.577. The molecule has 1 rings (SSSR count). The molecule has 0 heterocycles. The molecule has 3 nitrogen and oxygen atoms in total. The van der Waals surface area contributed by atoms with E-state index in [1.165, 1.54) is 0 Å². The maximum atomic E-state index is 13.2. The molecule has 0 saturated carbocycles. The fourth-order valence-corrected chi connectivity index (χ4v) is 1.95. The van der Waals surface area contributed by atoms with Crippen molar-refractivity contribution in [2.45, 2.75) is 30.4 Å². The average molecular weight is 436 g/mol. The zero-order valence-corrected chi connectivity index (χ0v) is 12.9. The van der Waals surface area contributed by atoms with Gasteiger partial charge < -0.3 is 10.6 Å². The quantitative estimate of drug-likeness (QED) is 0.527. The lowest BCUT2D eigenvalue weighted by Gasteiger charge is -2.40. The number of hydrogen-bond donors (Lipinski definition) is 2. The number of carbonyl (C=O) groups is 1. The van der Waals surface area contributed by atoms with Gasteiger partial charge in [0.05, 0.1) is 0 Å². The predicted octanol–water partition coefficient (Wildman–Crippen LogP) is 4.78. The molecule has 0 aromatic heterocycles. The van der Waals surface area contributed by atoms with Crippen molar-refractivity contribution in [3.05, 3.63) is 30.3 Å². The highest BCUT2D eigenvalue weighted by Crippen LogP contribution is 2.45. The summed E-state index contributed by atoms with van der Waals surface area (Å²) in [4.78, 5) is 11.3. The SMILES string of the molecule is O=C(NC(Nc1ccccc1)(C(F)(F)F)C(F)(F)F)C(C(F)(F)F)C(F)(F)F. The summed E-state index contributed by atoms with van der Waals surface area (Å²) in [6.07, 6.45) is -26.2. The first kappa shape index (κ1) is 23.7. The van der Waals surface area contributed by atoms with Crippen LogP contribution in [0.4, 0.5) is 58.4 Å². The van der Waals surface area contributed by atoms with Gasteiger partial charge in [-0.3, -0.25) is 4.79 Å². The van der Waals surface area contributed by atoms with Crippen LogP contribution in [0.3, 0.4) is 0 Å². The molecule has 1 aromatic rings. The lowest BCUT2D eigenvalue weighted by molar-refractivity contribution is -0.304. The Hall–Kier alpha value is -2.35. The maximum absolute atomic E-state index is 13.2. The summed E-state index contributed by atoms with van der Waals surface area (Å²) < 4.78 is 154. The third-order valence-corrected chi connectivity index (χ3v) is 3.18. The van der Waals surface area contributed by atoms with Crippen LogP contribution in [0.15, 0.2) is 30.3 Å². The molecule has 0 saturated heterocycles. The van der Waals surface area contributed by atoms with E-state index in [1.54, 1.807) is 0 Å². The molecule has 0 fully saturated rings. The monoisotopic (exact) mass is 436 g/mol. The number of hydrogen-bond acceptors (Lipinski definition) is 2. The number of nitrogens with one attached hydrogen (secondary N) is 2. The molecule has 0 aliphatic rings. The summed E-state index contributed by atoms with van der Waals surface area (Å²) in [5.74, 6) is -8.71. The number of para-hydroxylation sites is 1. The van der Waals surface area contributed by atoms with Crippen LogP contribution in [-0.4, -0.2) is 36.3 Å². The van der Waals surface area contributed by atoms with Crippen molar-refractivity contribution in [3.8, 4) is 0 Å². The second-order valence-corrected chi connectivity index (χ2v) is 5.24. The predicted molar refractivity (Wildman–Crippen MR) is 68.6 cm³/mol. The molecule has 1 aromatic carbocycles. The number of halogens is 12. The first-order valence-corrected chi connectivity index (χ1v) is 6.75. The number of anilines is 1. The summed E-state index contributed by atoms with van der Waals surface area (Å²) >= 11 is 0.